The average Bonchev–Trinajstić information content (AvgIpc) is 2.95. The van der Waals surface area contributed by atoms with Gasteiger partial charge in [-0.05, 0) is 50.0 Å². The third-order valence-corrected chi connectivity index (χ3v) is 5.77. The number of sulfone groups is 1. The molecule has 0 aliphatic heterocycles. The number of hydrogen-bond donors (Lipinski definition) is 1. The number of benzene rings is 2. The molecule has 0 spiro atoms. The van der Waals surface area contributed by atoms with Crippen LogP contribution in [0.5, 0.6) is 0 Å². The number of carbonyl (C=O) groups excluding carboxylic acids is 1. The van der Waals surface area contributed by atoms with Crippen molar-refractivity contribution in [2.24, 2.45) is 0 Å². The SMILES string of the molecule is CN(C)Cc1ccc(C(=O)Nc2nc3ccc(S(C)(=O)=O)cc3s2)cc1. The molecule has 0 saturated carbocycles. The highest BCUT2D eigenvalue weighted by Gasteiger charge is 2.13. The van der Waals surface area contributed by atoms with Gasteiger partial charge in [0.15, 0.2) is 15.0 Å². The molecule has 1 aromatic heterocycles. The van der Waals surface area contributed by atoms with Crippen LogP contribution in [0.4, 0.5) is 5.13 Å². The smallest absolute Gasteiger partial charge is 0.257 e. The van der Waals surface area contributed by atoms with Crippen LogP contribution in [0.1, 0.15) is 15.9 Å². The van der Waals surface area contributed by atoms with E-state index in [9.17, 15) is 13.2 Å². The minimum atomic E-state index is -3.28. The summed E-state index contributed by atoms with van der Waals surface area (Å²) < 4.78 is 24.0. The van der Waals surface area contributed by atoms with Gasteiger partial charge in [0, 0.05) is 18.4 Å². The van der Waals surface area contributed by atoms with Crippen molar-refractivity contribution < 1.29 is 13.2 Å². The summed E-state index contributed by atoms with van der Waals surface area (Å²) in [6.45, 7) is 0.808. The summed E-state index contributed by atoms with van der Waals surface area (Å²) in [7, 11) is 0.702. The van der Waals surface area contributed by atoms with E-state index in [1.165, 1.54) is 17.4 Å². The number of fused-ring (bicyclic) bond motifs is 1. The van der Waals surface area contributed by atoms with Gasteiger partial charge in [0.05, 0.1) is 15.1 Å². The van der Waals surface area contributed by atoms with Gasteiger partial charge in [-0.25, -0.2) is 13.4 Å². The largest absolute Gasteiger partial charge is 0.305 e. The van der Waals surface area contributed by atoms with Crippen LogP contribution in [0, 0.1) is 0 Å². The molecule has 136 valence electrons. The maximum absolute atomic E-state index is 12.4. The molecule has 6 nitrogen and oxygen atoms in total. The molecule has 0 saturated heterocycles. The fraction of sp³-hybridized carbons (Fsp3) is 0.222. The lowest BCUT2D eigenvalue weighted by Crippen LogP contribution is -2.13. The first-order valence-corrected chi connectivity index (χ1v) is 10.6. The van der Waals surface area contributed by atoms with Gasteiger partial charge in [0.1, 0.15) is 0 Å². The van der Waals surface area contributed by atoms with E-state index in [1.807, 2.05) is 26.2 Å². The number of nitrogens with zero attached hydrogens (tertiary/aromatic N) is 2. The van der Waals surface area contributed by atoms with E-state index < -0.39 is 9.84 Å². The van der Waals surface area contributed by atoms with E-state index in [0.717, 1.165) is 18.4 Å². The summed E-state index contributed by atoms with van der Waals surface area (Å²) in [5.74, 6) is -0.246. The topological polar surface area (TPSA) is 79.4 Å². The molecular formula is C18H19N3O3S2. The van der Waals surface area contributed by atoms with E-state index in [0.29, 0.717) is 20.9 Å². The molecule has 0 fully saturated rings. The fourth-order valence-corrected chi connectivity index (χ4v) is 4.11. The second kappa shape index (κ2) is 7.14. The molecule has 0 atom stereocenters. The van der Waals surface area contributed by atoms with Crippen LogP contribution in [0.15, 0.2) is 47.4 Å². The molecule has 0 unspecified atom stereocenters. The minimum absolute atomic E-state index is 0.239. The number of rotatable bonds is 5. The van der Waals surface area contributed by atoms with Crippen molar-refractivity contribution in [2.45, 2.75) is 11.4 Å². The van der Waals surface area contributed by atoms with Gasteiger partial charge in [-0.1, -0.05) is 23.5 Å². The minimum Gasteiger partial charge on any atom is -0.305 e. The van der Waals surface area contributed by atoms with Crippen LogP contribution in [-0.2, 0) is 16.4 Å². The zero-order chi connectivity index (χ0) is 18.9. The Morgan fingerprint density at radius 2 is 1.85 bits per heavy atom. The Morgan fingerprint density at radius 3 is 2.46 bits per heavy atom. The third-order valence-electron chi connectivity index (χ3n) is 3.72. The van der Waals surface area contributed by atoms with Crippen LogP contribution in [0.2, 0.25) is 0 Å². The van der Waals surface area contributed by atoms with Gasteiger partial charge in [0.25, 0.3) is 5.91 Å². The second-order valence-electron chi connectivity index (χ2n) is 6.31. The predicted molar refractivity (Wildman–Crippen MR) is 105 cm³/mol. The van der Waals surface area contributed by atoms with Gasteiger partial charge in [-0.15, -0.1) is 0 Å². The van der Waals surface area contributed by atoms with Crippen LogP contribution < -0.4 is 5.32 Å². The number of anilines is 1. The summed E-state index contributed by atoms with van der Waals surface area (Å²) in [4.78, 5) is 19.0. The maximum atomic E-state index is 12.4. The zero-order valence-electron chi connectivity index (χ0n) is 14.7. The van der Waals surface area contributed by atoms with Crippen LogP contribution in [-0.4, -0.2) is 44.6 Å². The van der Waals surface area contributed by atoms with Gasteiger partial charge in [-0.2, -0.15) is 0 Å². The van der Waals surface area contributed by atoms with Crippen LogP contribution in [0.25, 0.3) is 10.2 Å². The Kier molecular flexibility index (Phi) is 5.08. The molecule has 3 aromatic rings. The Morgan fingerprint density at radius 1 is 1.15 bits per heavy atom. The molecule has 0 radical (unpaired) electrons. The highest BCUT2D eigenvalue weighted by molar-refractivity contribution is 7.90. The first-order valence-electron chi connectivity index (χ1n) is 7.88. The van der Waals surface area contributed by atoms with Gasteiger partial charge in [-0.3, -0.25) is 10.1 Å². The highest BCUT2D eigenvalue weighted by Crippen LogP contribution is 2.28. The van der Waals surface area contributed by atoms with E-state index in [1.54, 1.807) is 24.3 Å². The summed E-state index contributed by atoms with van der Waals surface area (Å²) in [5, 5.41) is 3.21. The molecule has 1 N–H and O–H groups in total. The molecule has 0 aliphatic carbocycles. The average molecular weight is 390 g/mol. The lowest BCUT2D eigenvalue weighted by Gasteiger charge is -2.09. The number of aromatic nitrogens is 1. The van der Waals surface area contributed by atoms with Crippen molar-refractivity contribution in [1.82, 2.24) is 9.88 Å². The second-order valence-corrected chi connectivity index (χ2v) is 9.36. The molecule has 0 bridgehead atoms. The quantitative estimate of drug-likeness (QED) is 0.726. The number of amides is 1. The first-order chi connectivity index (χ1) is 12.2. The molecule has 8 heteroatoms. The van der Waals surface area contributed by atoms with Crippen molar-refractivity contribution in [3.63, 3.8) is 0 Å². The summed E-state index contributed by atoms with van der Waals surface area (Å²) in [6, 6.07) is 12.2. The van der Waals surface area contributed by atoms with Gasteiger partial charge >= 0.3 is 0 Å². The Bertz CT molecular complexity index is 1050. The van der Waals surface area contributed by atoms with Crippen molar-refractivity contribution in [2.75, 3.05) is 25.7 Å². The number of nitrogens with one attached hydrogen (secondary N) is 1. The van der Waals surface area contributed by atoms with E-state index in [2.05, 4.69) is 15.2 Å². The summed E-state index contributed by atoms with van der Waals surface area (Å²) >= 11 is 1.25. The van der Waals surface area contributed by atoms with Crippen molar-refractivity contribution in [3.05, 3.63) is 53.6 Å². The van der Waals surface area contributed by atoms with Crippen LogP contribution in [0.3, 0.4) is 0 Å². The summed E-state index contributed by atoms with van der Waals surface area (Å²) in [5.41, 5.74) is 2.32. The third kappa shape index (κ3) is 4.27. The molecule has 1 amide bonds. The maximum Gasteiger partial charge on any atom is 0.257 e. The normalized spacial score (nSPS) is 11.8. The van der Waals surface area contributed by atoms with Crippen LogP contribution >= 0.6 is 11.3 Å². The van der Waals surface area contributed by atoms with Gasteiger partial charge in [0.2, 0.25) is 0 Å². The Hall–Kier alpha value is -2.29. The molecule has 3 rings (SSSR count). The zero-order valence-corrected chi connectivity index (χ0v) is 16.3. The predicted octanol–water partition coefficient (Wildman–Crippen LogP) is 3.01. The Balaban J connectivity index is 1.78. The number of thiazole rings is 1. The highest BCUT2D eigenvalue weighted by atomic mass is 32.2. The molecule has 2 aromatic carbocycles. The Labute approximate surface area is 156 Å². The standard InChI is InChI=1S/C18H19N3O3S2/c1-21(2)11-12-4-6-13(7-5-12)17(22)20-18-19-15-9-8-14(26(3,23)24)10-16(15)25-18/h4-10H,11H2,1-3H3,(H,19,20,22). The molecule has 1 heterocycles. The molecular weight excluding hydrogens is 370 g/mol. The molecule has 0 aliphatic rings. The van der Waals surface area contributed by atoms with Gasteiger partial charge < -0.3 is 4.90 Å². The first kappa shape index (κ1) is 18.5. The molecule has 26 heavy (non-hydrogen) atoms. The van der Waals surface area contributed by atoms with Crippen molar-refractivity contribution in [3.8, 4) is 0 Å². The number of carbonyl (C=O) groups is 1. The lowest BCUT2D eigenvalue weighted by atomic mass is 10.1. The summed E-state index contributed by atoms with van der Waals surface area (Å²) in [6.07, 6.45) is 1.16. The van der Waals surface area contributed by atoms with E-state index in [-0.39, 0.29) is 10.8 Å². The van der Waals surface area contributed by atoms with E-state index in [4.69, 9.17) is 0 Å². The number of hydrogen-bond acceptors (Lipinski definition) is 6. The lowest BCUT2D eigenvalue weighted by molar-refractivity contribution is 0.102. The monoisotopic (exact) mass is 389 g/mol. The van der Waals surface area contributed by atoms with Crippen molar-refractivity contribution >= 4 is 42.4 Å². The van der Waals surface area contributed by atoms with Crippen molar-refractivity contribution in [1.29, 1.82) is 0 Å². The fourth-order valence-electron chi connectivity index (χ4n) is 2.49. The van der Waals surface area contributed by atoms with E-state index >= 15 is 0 Å².